The highest BCUT2D eigenvalue weighted by Gasteiger charge is 2.37. The van der Waals surface area contributed by atoms with Crippen molar-refractivity contribution in [2.45, 2.75) is 76.4 Å². The minimum atomic E-state index is -3.45. The van der Waals surface area contributed by atoms with Gasteiger partial charge in [-0.2, -0.15) is 8.78 Å². The molecule has 0 saturated heterocycles. The molecule has 0 aliphatic heterocycles. The maximum Gasteiger partial charge on any atom is 0.383 e. The van der Waals surface area contributed by atoms with Crippen molar-refractivity contribution in [3.8, 4) is 22.3 Å². The van der Waals surface area contributed by atoms with Gasteiger partial charge in [-0.1, -0.05) is 68.3 Å². The molecule has 0 amide bonds. The molecule has 0 N–H and O–H groups in total. The lowest BCUT2D eigenvalue weighted by molar-refractivity contribution is -0.277. The summed E-state index contributed by atoms with van der Waals surface area (Å²) in [5.41, 5.74) is 3.39. The van der Waals surface area contributed by atoms with Crippen LogP contribution in [0.3, 0.4) is 0 Å². The second-order valence-electron chi connectivity index (χ2n) is 11.3. The van der Waals surface area contributed by atoms with Crippen LogP contribution in [-0.4, -0.2) is 6.10 Å². The first-order valence-electron chi connectivity index (χ1n) is 14.8. The number of ether oxygens (including phenoxy) is 1. The van der Waals surface area contributed by atoms with Crippen LogP contribution in [0.25, 0.3) is 22.3 Å². The number of benzene rings is 4. The standard InChI is InChI=1S/C36H34F6O/c1-2-3-4-5-23-6-8-24(9-7-23)25-10-15-29(16-11-25)36(41,42)43-30-17-12-26(13-18-30)27-14-19-31(32(37)20-27)28-21-33(38)35(40)34(39)22-28/h6-11,14-16,19-22,26,30H,2-5,12-13,17-18H2,1H3. The van der Waals surface area contributed by atoms with Gasteiger partial charge in [-0.25, -0.2) is 17.6 Å². The van der Waals surface area contributed by atoms with Gasteiger partial charge in [-0.3, -0.25) is 0 Å². The molecule has 43 heavy (non-hydrogen) atoms. The second-order valence-corrected chi connectivity index (χ2v) is 11.3. The summed E-state index contributed by atoms with van der Waals surface area (Å²) >= 11 is 0. The normalized spacial score (nSPS) is 17.3. The Hall–Kier alpha value is -3.58. The van der Waals surface area contributed by atoms with Crippen molar-refractivity contribution in [3.63, 3.8) is 0 Å². The van der Waals surface area contributed by atoms with Gasteiger partial charge in [0.1, 0.15) is 5.82 Å². The zero-order chi connectivity index (χ0) is 30.6. The summed E-state index contributed by atoms with van der Waals surface area (Å²) in [5.74, 6) is -5.17. The topological polar surface area (TPSA) is 9.23 Å². The van der Waals surface area contributed by atoms with Gasteiger partial charge in [-0.05, 0) is 103 Å². The van der Waals surface area contributed by atoms with Crippen LogP contribution < -0.4 is 0 Å². The molecule has 5 rings (SSSR count). The van der Waals surface area contributed by atoms with E-state index in [0.29, 0.717) is 31.2 Å². The molecule has 4 aromatic rings. The molecule has 0 bridgehead atoms. The molecule has 0 heterocycles. The van der Waals surface area contributed by atoms with Crippen LogP contribution in [0.5, 0.6) is 0 Å². The van der Waals surface area contributed by atoms with E-state index in [-0.39, 0.29) is 22.6 Å². The zero-order valence-electron chi connectivity index (χ0n) is 24.0. The Labute approximate surface area is 248 Å². The summed E-state index contributed by atoms with van der Waals surface area (Å²) in [4.78, 5) is 0. The quantitative estimate of drug-likeness (QED) is 0.101. The zero-order valence-corrected chi connectivity index (χ0v) is 24.0. The molecule has 1 nitrogen and oxygen atoms in total. The summed E-state index contributed by atoms with van der Waals surface area (Å²) < 4.78 is 90.9. The van der Waals surface area contributed by atoms with E-state index in [0.717, 1.165) is 36.1 Å². The Bertz CT molecular complexity index is 1500. The fraction of sp³-hybridized carbons (Fsp3) is 0.333. The highest BCUT2D eigenvalue weighted by atomic mass is 19.3. The molecule has 0 spiro atoms. The molecule has 1 aliphatic carbocycles. The molecule has 7 heteroatoms. The molecule has 0 aromatic heterocycles. The Morgan fingerprint density at radius 2 is 1.28 bits per heavy atom. The molecule has 0 radical (unpaired) electrons. The fourth-order valence-electron chi connectivity index (χ4n) is 5.82. The Balaban J connectivity index is 1.17. The highest BCUT2D eigenvalue weighted by molar-refractivity contribution is 5.65. The average molecular weight is 597 g/mol. The molecule has 4 aromatic carbocycles. The first-order chi connectivity index (χ1) is 20.6. The molecule has 1 fully saturated rings. The predicted octanol–water partition coefficient (Wildman–Crippen LogP) is 11.1. The molecular formula is C36H34F6O. The fourth-order valence-corrected chi connectivity index (χ4v) is 5.82. The summed E-state index contributed by atoms with van der Waals surface area (Å²) in [6.45, 7) is 2.17. The summed E-state index contributed by atoms with van der Waals surface area (Å²) in [5, 5.41) is 0. The van der Waals surface area contributed by atoms with Crippen molar-refractivity contribution in [1.82, 2.24) is 0 Å². The van der Waals surface area contributed by atoms with E-state index < -0.39 is 35.5 Å². The largest absolute Gasteiger partial charge is 0.383 e. The third-order valence-electron chi connectivity index (χ3n) is 8.33. The highest BCUT2D eigenvalue weighted by Crippen LogP contribution is 2.40. The van der Waals surface area contributed by atoms with E-state index in [2.05, 4.69) is 19.1 Å². The molecule has 1 aliphatic rings. The van der Waals surface area contributed by atoms with Crippen LogP contribution >= 0.6 is 0 Å². The minimum Gasteiger partial charge on any atom is -0.313 e. The van der Waals surface area contributed by atoms with E-state index in [9.17, 15) is 17.6 Å². The number of aryl methyl sites for hydroxylation is 1. The van der Waals surface area contributed by atoms with Gasteiger partial charge < -0.3 is 4.74 Å². The number of halogens is 6. The molecular weight excluding hydrogens is 562 g/mol. The first-order valence-corrected chi connectivity index (χ1v) is 14.8. The van der Waals surface area contributed by atoms with Gasteiger partial charge in [0.2, 0.25) is 0 Å². The van der Waals surface area contributed by atoms with Crippen LogP contribution in [0.4, 0.5) is 26.3 Å². The van der Waals surface area contributed by atoms with Gasteiger partial charge in [-0.15, -0.1) is 0 Å². The lowest BCUT2D eigenvalue weighted by atomic mass is 9.82. The van der Waals surface area contributed by atoms with E-state index in [1.807, 2.05) is 12.1 Å². The number of hydrogen-bond donors (Lipinski definition) is 0. The summed E-state index contributed by atoms with van der Waals surface area (Å²) in [7, 11) is 0. The van der Waals surface area contributed by atoms with E-state index >= 15 is 8.78 Å². The monoisotopic (exact) mass is 596 g/mol. The van der Waals surface area contributed by atoms with Crippen LogP contribution in [0, 0.1) is 23.3 Å². The third kappa shape index (κ3) is 7.32. The lowest BCUT2D eigenvalue weighted by Crippen LogP contribution is -2.29. The van der Waals surface area contributed by atoms with Gasteiger partial charge >= 0.3 is 6.11 Å². The summed E-state index contributed by atoms with van der Waals surface area (Å²) in [6.07, 6.45) is 2.24. The molecule has 0 unspecified atom stereocenters. The van der Waals surface area contributed by atoms with E-state index in [1.54, 1.807) is 18.2 Å². The second kappa shape index (κ2) is 13.4. The van der Waals surface area contributed by atoms with Crippen LogP contribution in [0.15, 0.2) is 78.9 Å². The number of alkyl halides is 2. The third-order valence-corrected chi connectivity index (χ3v) is 8.33. The smallest absolute Gasteiger partial charge is 0.313 e. The SMILES string of the molecule is CCCCCc1ccc(-c2ccc(C(F)(F)OC3CCC(c4ccc(-c5cc(F)c(F)c(F)c5)c(F)c4)CC3)cc2)cc1. The average Bonchev–Trinajstić information content (AvgIpc) is 3.00. The van der Waals surface area contributed by atoms with Crippen molar-refractivity contribution in [2.24, 2.45) is 0 Å². The van der Waals surface area contributed by atoms with E-state index in [1.165, 1.54) is 42.7 Å². The number of rotatable bonds is 10. The van der Waals surface area contributed by atoms with Crippen molar-refractivity contribution >= 4 is 0 Å². The predicted molar refractivity (Wildman–Crippen MR) is 157 cm³/mol. The molecule has 0 atom stereocenters. The maximum atomic E-state index is 15.1. The van der Waals surface area contributed by atoms with Crippen molar-refractivity contribution in [3.05, 3.63) is 119 Å². The lowest BCUT2D eigenvalue weighted by Gasteiger charge is -2.31. The van der Waals surface area contributed by atoms with Crippen molar-refractivity contribution in [1.29, 1.82) is 0 Å². The van der Waals surface area contributed by atoms with Crippen molar-refractivity contribution in [2.75, 3.05) is 0 Å². The first kappa shape index (κ1) is 30.9. The van der Waals surface area contributed by atoms with Crippen molar-refractivity contribution < 1.29 is 31.1 Å². The summed E-state index contributed by atoms with van der Waals surface area (Å²) in [6, 6.07) is 20.2. The van der Waals surface area contributed by atoms with Gasteiger partial charge in [0.25, 0.3) is 0 Å². The van der Waals surface area contributed by atoms with Gasteiger partial charge in [0.05, 0.1) is 11.7 Å². The van der Waals surface area contributed by atoms with Crippen LogP contribution in [0.1, 0.15) is 74.5 Å². The van der Waals surface area contributed by atoms with Gasteiger partial charge in [0.15, 0.2) is 17.5 Å². The van der Waals surface area contributed by atoms with Crippen LogP contribution in [-0.2, 0) is 17.3 Å². The van der Waals surface area contributed by atoms with E-state index in [4.69, 9.17) is 4.74 Å². The maximum absolute atomic E-state index is 15.1. The Morgan fingerprint density at radius 1 is 0.674 bits per heavy atom. The number of unbranched alkanes of at least 4 members (excludes halogenated alkanes) is 2. The molecule has 226 valence electrons. The minimum absolute atomic E-state index is 0.0522. The number of hydrogen-bond acceptors (Lipinski definition) is 1. The Morgan fingerprint density at radius 3 is 1.86 bits per heavy atom. The van der Waals surface area contributed by atoms with Crippen LogP contribution in [0.2, 0.25) is 0 Å². The van der Waals surface area contributed by atoms with Gasteiger partial charge in [0, 0.05) is 5.56 Å². The molecule has 1 saturated carbocycles. The Kier molecular flexibility index (Phi) is 9.60.